The minimum absolute atomic E-state index is 0.0408. The smallest absolute Gasteiger partial charge is 0.169 e. The monoisotopic (exact) mass is 230 g/mol. The van der Waals surface area contributed by atoms with Gasteiger partial charge >= 0.3 is 0 Å². The lowest BCUT2D eigenvalue weighted by Crippen LogP contribution is -2.05. The van der Waals surface area contributed by atoms with Gasteiger partial charge in [-0.1, -0.05) is 5.21 Å². The Labute approximate surface area is 99.5 Å². The van der Waals surface area contributed by atoms with Gasteiger partial charge in [0.1, 0.15) is 0 Å². The largest absolute Gasteiger partial charge is 0.294 e. The minimum atomic E-state index is 0.0408. The number of ketones is 1. The first-order valence-corrected chi connectivity index (χ1v) is 5.38. The maximum atomic E-state index is 12.0. The number of pyridine rings is 1. The topological polar surface area (TPSA) is 60.7 Å². The third kappa shape index (κ3) is 2.75. The van der Waals surface area contributed by atoms with Crippen molar-refractivity contribution >= 4 is 5.78 Å². The molecule has 0 aliphatic heterocycles. The fourth-order valence-corrected chi connectivity index (χ4v) is 1.74. The molecule has 17 heavy (non-hydrogen) atoms. The van der Waals surface area contributed by atoms with Crippen LogP contribution in [0.5, 0.6) is 0 Å². The fourth-order valence-electron chi connectivity index (χ4n) is 1.74. The van der Waals surface area contributed by atoms with Gasteiger partial charge in [-0.3, -0.25) is 14.5 Å². The van der Waals surface area contributed by atoms with Crippen molar-refractivity contribution in [1.82, 2.24) is 20.0 Å². The highest BCUT2D eigenvalue weighted by molar-refractivity contribution is 5.97. The Kier molecular flexibility index (Phi) is 2.99. The van der Waals surface area contributed by atoms with Crippen molar-refractivity contribution < 1.29 is 4.79 Å². The van der Waals surface area contributed by atoms with Gasteiger partial charge in [-0.15, -0.1) is 5.10 Å². The molecule has 0 aliphatic carbocycles. The molecule has 5 nitrogen and oxygen atoms in total. The Morgan fingerprint density at radius 2 is 1.94 bits per heavy atom. The van der Waals surface area contributed by atoms with Crippen LogP contribution in [0.4, 0.5) is 0 Å². The van der Waals surface area contributed by atoms with Crippen LogP contribution in [0.15, 0.2) is 18.3 Å². The lowest BCUT2D eigenvalue weighted by Gasteiger charge is -2.02. The fraction of sp³-hybridized carbons (Fsp3) is 0.333. The van der Waals surface area contributed by atoms with E-state index in [1.54, 1.807) is 30.1 Å². The van der Waals surface area contributed by atoms with Gasteiger partial charge < -0.3 is 0 Å². The number of hydrogen-bond acceptors (Lipinski definition) is 4. The molecular formula is C12H14N4O. The van der Waals surface area contributed by atoms with E-state index in [1.165, 1.54) is 0 Å². The van der Waals surface area contributed by atoms with Gasteiger partial charge in [-0.05, 0) is 26.0 Å². The number of nitrogens with zero attached hydrogens (tertiary/aromatic N) is 4. The summed E-state index contributed by atoms with van der Waals surface area (Å²) >= 11 is 0. The zero-order valence-electron chi connectivity index (χ0n) is 10.1. The molecule has 2 heterocycles. The van der Waals surface area contributed by atoms with Gasteiger partial charge in [-0.25, -0.2) is 0 Å². The second-order valence-electron chi connectivity index (χ2n) is 4.12. The second-order valence-corrected chi connectivity index (χ2v) is 4.12. The van der Waals surface area contributed by atoms with Crippen LogP contribution >= 0.6 is 0 Å². The molecule has 0 spiro atoms. The quantitative estimate of drug-likeness (QED) is 0.744. The number of aromatic nitrogens is 4. The van der Waals surface area contributed by atoms with Crippen LogP contribution in [-0.4, -0.2) is 25.8 Å². The Balaban J connectivity index is 2.19. The summed E-state index contributed by atoms with van der Waals surface area (Å²) in [6.07, 6.45) is 2.02. The summed E-state index contributed by atoms with van der Waals surface area (Å²) in [5.41, 5.74) is 3.07. The van der Waals surface area contributed by atoms with Gasteiger partial charge in [0, 0.05) is 30.2 Å². The van der Waals surface area contributed by atoms with E-state index in [-0.39, 0.29) is 12.2 Å². The molecule has 0 aromatic carbocycles. The molecule has 2 aromatic heterocycles. The van der Waals surface area contributed by atoms with Crippen LogP contribution in [0.2, 0.25) is 0 Å². The summed E-state index contributed by atoms with van der Waals surface area (Å²) in [5, 5.41) is 7.70. The second kappa shape index (κ2) is 4.45. The van der Waals surface area contributed by atoms with E-state index in [0.717, 1.165) is 11.4 Å². The summed E-state index contributed by atoms with van der Waals surface area (Å²) in [7, 11) is 1.78. The van der Waals surface area contributed by atoms with Crippen molar-refractivity contribution in [3.8, 4) is 0 Å². The van der Waals surface area contributed by atoms with Crippen molar-refractivity contribution in [1.29, 1.82) is 0 Å². The van der Waals surface area contributed by atoms with Gasteiger partial charge in [0.2, 0.25) is 0 Å². The highest BCUT2D eigenvalue weighted by atomic mass is 16.1. The number of aryl methyl sites for hydroxylation is 3. The van der Waals surface area contributed by atoms with Crippen LogP contribution in [0.25, 0.3) is 0 Å². The average molecular weight is 230 g/mol. The van der Waals surface area contributed by atoms with Crippen molar-refractivity contribution in [3.05, 3.63) is 41.0 Å². The summed E-state index contributed by atoms with van der Waals surface area (Å²) in [5.74, 6) is 0.0408. The molecule has 88 valence electrons. The molecule has 0 aliphatic rings. The molecule has 0 unspecified atom stereocenters. The predicted octanol–water partition coefficient (Wildman–Crippen LogP) is 1.25. The first kappa shape index (κ1) is 11.4. The summed E-state index contributed by atoms with van der Waals surface area (Å²) < 4.78 is 1.59. The average Bonchev–Trinajstić information content (AvgIpc) is 2.62. The molecule has 2 aromatic rings. The Morgan fingerprint density at radius 3 is 2.47 bits per heavy atom. The molecular weight excluding hydrogens is 216 g/mol. The highest BCUT2D eigenvalue weighted by Gasteiger charge is 2.10. The van der Waals surface area contributed by atoms with Crippen molar-refractivity contribution in [2.24, 2.45) is 7.05 Å². The zero-order chi connectivity index (χ0) is 12.4. The number of Topliss-reactive ketones (excluding diaryl/α,β-unsaturated/α-hetero) is 1. The van der Waals surface area contributed by atoms with E-state index < -0.39 is 0 Å². The Morgan fingerprint density at radius 1 is 1.29 bits per heavy atom. The highest BCUT2D eigenvalue weighted by Crippen LogP contribution is 2.08. The van der Waals surface area contributed by atoms with E-state index in [1.807, 2.05) is 13.8 Å². The van der Waals surface area contributed by atoms with Gasteiger partial charge in [-0.2, -0.15) is 0 Å². The van der Waals surface area contributed by atoms with Crippen LogP contribution in [0.1, 0.15) is 27.4 Å². The maximum absolute atomic E-state index is 12.0. The molecule has 0 N–H and O–H groups in total. The number of carbonyl (C=O) groups is 1. The first-order chi connectivity index (χ1) is 8.04. The van der Waals surface area contributed by atoms with Crippen molar-refractivity contribution in [3.63, 3.8) is 0 Å². The van der Waals surface area contributed by atoms with Crippen LogP contribution < -0.4 is 0 Å². The molecule has 5 heteroatoms. The zero-order valence-corrected chi connectivity index (χ0v) is 10.1. The normalized spacial score (nSPS) is 10.5. The molecule has 0 atom stereocenters. The van der Waals surface area contributed by atoms with Gasteiger partial charge in [0.05, 0.1) is 12.1 Å². The Bertz CT molecular complexity index is 539. The molecule has 2 rings (SSSR count). The molecule has 0 bridgehead atoms. The van der Waals surface area contributed by atoms with Crippen molar-refractivity contribution in [2.45, 2.75) is 20.3 Å². The Hall–Kier alpha value is -2.04. The number of carbonyl (C=O) groups excluding carboxylic acids is 1. The van der Waals surface area contributed by atoms with E-state index in [2.05, 4.69) is 15.3 Å². The van der Waals surface area contributed by atoms with Gasteiger partial charge in [0.25, 0.3) is 0 Å². The van der Waals surface area contributed by atoms with Crippen LogP contribution in [-0.2, 0) is 13.5 Å². The van der Waals surface area contributed by atoms with Crippen LogP contribution in [0, 0.1) is 13.8 Å². The molecule has 0 saturated heterocycles. The summed E-state index contributed by atoms with van der Waals surface area (Å²) in [6, 6.07) is 3.59. The van der Waals surface area contributed by atoms with Gasteiger partial charge in [0.15, 0.2) is 5.78 Å². The standard InChI is InChI=1S/C12H14N4O/c1-8-4-10(5-9(2)13-8)12(17)6-11-7-16(3)15-14-11/h4-5,7H,6H2,1-3H3. The molecule has 0 amide bonds. The lowest BCUT2D eigenvalue weighted by molar-refractivity contribution is 0.0991. The number of rotatable bonds is 3. The third-order valence-corrected chi connectivity index (χ3v) is 2.40. The first-order valence-electron chi connectivity index (χ1n) is 5.38. The predicted molar refractivity (Wildman–Crippen MR) is 62.7 cm³/mol. The summed E-state index contributed by atoms with van der Waals surface area (Å²) in [4.78, 5) is 16.3. The molecule has 0 saturated carbocycles. The summed E-state index contributed by atoms with van der Waals surface area (Å²) in [6.45, 7) is 3.76. The van der Waals surface area contributed by atoms with E-state index in [4.69, 9.17) is 0 Å². The van der Waals surface area contributed by atoms with Crippen molar-refractivity contribution in [2.75, 3.05) is 0 Å². The number of hydrogen-bond donors (Lipinski definition) is 0. The van der Waals surface area contributed by atoms with E-state index in [9.17, 15) is 4.79 Å². The minimum Gasteiger partial charge on any atom is -0.294 e. The molecule has 0 radical (unpaired) electrons. The van der Waals surface area contributed by atoms with E-state index in [0.29, 0.717) is 11.3 Å². The lowest BCUT2D eigenvalue weighted by atomic mass is 10.1. The SMILES string of the molecule is Cc1cc(C(=O)Cc2cn(C)nn2)cc(C)n1. The van der Waals surface area contributed by atoms with E-state index >= 15 is 0 Å². The molecule has 0 fully saturated rings. The third-order valence-electron chi connectivity index (χ3n) is 2.40. The maximum Gasteiger partial charge on any atom is 0.169 e. The van der Waals surface area contributed by atoms with Crippen LogP contribution in [0.3, 0.4) is 0 Å².